The Morgan fingerprint density at radius 1 is 1.13 bits per heavy atom. The minimum Gasteiger partial charge on any atom is -0.329 e. The molecule has 3 heterocycles. The summed E-state index contributed by atoms with van der Waals surface area (Å²) < 4.78 is 65.2. The first-order valence-electron chi connectivity index (χ1n) is 9.34. The molecule has 0 saturated carbocycles. The Balaban J connectivity index is 1.83. The van der Waals surface area contributed by atoms with Crippen LogP contribution in [0.25, 0.3) is 11.0 Å². The molecule has 0 spiro atoms. The van der Waals surface area contributed by atoms with Crippen LogP contribution < -0.4 is 4.90 Å². The van der Waals surface area contributed by atoms with Gasteiger partial charge in [-0.05, 0) is 30.2 Å². The molecule has 30 heavy (non-hydrogen) atoms. The Bertz CT molecular complexity index is 1220. The monoisotopic (exact) mass is 439 g/mol. The predicted octanol–water partition coefficient (Wildman–Crippen LogP) is 3.47. The number of nitrogens with zero attached hydrogens (tertiary/aromatic N) is 5. The Morgan fingerprint density at radius 2 is 1.87 bits per heavy atom. The van der Waals surface area contributed by atoms with Gasteiger partial charge in [0.2, 0.25) is 5.95 Å². The molecule has 0 fully saturated rings. The van der Waals surface area contributed by atoms with Gasteiger partial charge in [0.05, 0.1) is 22.0 Å². The van der Waals surface area contributed by atoms with Crippen molar-refractivity contribution < 1.29 is 21.6 Å². The molecule has 0 radical (unpaired) electrons. The van der Waals surface area contributed by atoms with E-state index in [4.69, 9.17) is 0 Å². The second-order valence-electron chi connectivity index (χ2n) is 7.67. The van der Waals surface area contributed by atoms with Crippen molar-refractivity contribution in [1.29, 1.82) is 0 Å². The number of fused-ring (bicyclic) bond motifs is 3. The fraction of sp³-hybridized carbons (Fsp3) is 0.421. The van der Waals surface area contributed by atoms with Crippen LogP contribution >= 0.6 is 0 Å². The second kappa shape index (κ2) is 6.93. The van der Waals surface area contributed by atoms with Gasteiger partial charge in [-0.3, -0.25) is 0 Å². The summed E-state index contributed by atoms with van der Waals surface area (Å²) in [5.41, 5.74) is 0.324. The number of halogens is 3. The minimum atomic E-state index is -4.56. The summed E-state index contributed by atoms with van der Waals surface area (Å²) in [5, 5.41) is 0. The number of sulfone groups is 1. The number of hydrogen-bond acceptors (Lipinski definition) is 6. The van der Waals surface area contributed by atoms with E-state index in [2.05, 4.69) is 15.0 Å². The maximum absolute atomic E-state index is 13.1. The fourth-order valence-electron chi connectivity index (χ4n) is 3.83. The van der Waals surface area contributed by atoms with Crippen molar-refractivity contribution in [2.75, 3.05) is 17.7 Å². The normalized spacial score (nSPS) is 17.6. The molecule has 160 valence electrons. The molecular weight excluding hydrogens is 419 g/mol. The molecule has 3 aromatic rings. The standard InChI is InChI=1S/C19H20F3N5O2S/c1-11(2)16-17-24-13-5-4-12(30(3,28)29)10-14(13)26(17)8-9-27(16)18-23-7-6-15(25-18)19(20,21)22/h4-7,10-11,16H,8-9H2,1-3H3. The van der Waals surface area contributed by atoms with E-state index < -0.39 is 21.7 Å². The molecule has 0 amide bonds. The lowest BCUT2D eigenvalue weighted by Crippen LogP contribution is -2.42. The third-order valence-electron chi connectivity index (χ3n) is 5.16. The molecule has 2 aromatic heterocycles. The number of aromatic nitrogens is 4. The fourth-order valence-corrected chi connectivity index (χ4v) is 4.47. The molecular formula is C19H20F3N5O2S. The van der Waals surface area contributed by atoms with Gasteiger partial charge in [-0.15, -0.1) is 0 Å². The highest BCUT2D eigenvalue weighted by Gasteiger charge is 2.37. The van der Waals surface area contributed by atoms with Crippen molar-refractivity contribution in [2.24, 2.45) is 5.92 Å². The van der Waals surface area contributed by atoms with E-state index in [0.29, 0.717) is 29.9 Å². The third kappa shape index (κ3) is 3.51. The van der Waals surface area contributed by atoms with E-state index >= 15 is 0 Å². The van der Waals surface area contributed by atoms with E-state index in [1.54, 1.807) is 17.0 Å². The molecule has 1 aromatic carbocycles. The van der Waals surface area contributed by atoms with Gasteiger partial charge < -0.3 is 9.47 Å². The molecule has 0 N–H and O–H groups in total. The SMILES string of the molecule is CC(C)C1c2nc3ccc(S(C)(=O)=O)cc3n2CCN1c1nccc(C(F)(F)F)n1. The van der Waals surface area contributed by atoms with Crippen molar-refractivity contribution in [3.63, 3.8) is 0 Å². The number of benzene rings is 1. The summed E-state index contributed by atoms with van der Waals surface area (Å²) in [7, 11) is -3.38. The van der Waals surface area contributed by atoms with E-state index in [-0.39, 0.29) is 22.8 Å². The highest BCUT2D eigenvalue weighted by atomic mass is 32.2. The molecule has 7 nitrogen and oxygen atoms in total. The summed E-state index contributed by atoms with van der Waals surface area (Å²) in [5.74, 6) is 0.643. The van der Waals surface area contributed by atoms with E-state index in [9.17, 15) is 21.6 Å². The van der Waals surface area contributed by atoms with Gasteiger partial charge in [0, 0.05) is 25.5 Å². The van der Waals surface area contributed by atoms with Gasteiger partial charge in [0.15, 0.2) is 9.84 Å². The van der Waals surface area contributed by atoms with E-state index in [1.165, 1.54) is 6.07 Å². The van der Waals surface area contributed by atoms with Gasteiger partial charge in [0.25, 0.3) is 0 Å². The van der Waals surface area contributed by atoms with Crippen LogP contribution in [0.4, 0.5) is 19.1 Å². The van der Waals surface area contributed by atoms with E-state index in [1.807, 2.05) is 18.4 Å². The van der Waals surface area contributed by atoms with Crippen molar-refractivity contribution in [2.45, 2.75) is 37.5 Å². The summed E-state index contributed by atoms with van der Waals surface area (Å²) in [6.07, 6.45) is -2.31. The zero-order valence-electron chi connectivity index (χ0n) is 16.6. The van der Waals surface area contributed by atoms with Gasteiger partial charge in [-0.25, -0.2) is 23.4 Å². The number of imidazole rings is 1. The highest BCUT2D eigenvalue weighted by molar-refractivity contribution is 7.90. The number of rotatable bonds is 3. The molecule has 1 aliphatic heterocycles. The zero-order chi connectivity index (χ0) is 21.8. The van der Waals surface area contributed by atoms with Crippen LogP contribution in [-0.2, 0) is 22.6 Å². The Hall–Kier alpha value is -2.69. The third-order valence-corrected chi connectivity index (χ3v) is 6.27. The molecule has 11 heteroatoms. The number of alkyl halides is 3. The largest absolute Gasteiger partial charge is 0.433 e. The predicted molar refractivity (Wildman–Crippen MR) is 105 cm³/mol. The van der Waals surface area contributed by atoms with Gasteiger partial charge in [-0.2, -0.15) is 13.2 Å². The first kappa shape index (κ1) is 20.6. The summed E-state index contributed by atoms with van der Waals surface area (Å²) in [6, 6.07) is 5.24. The lowest BCUT2D eigenvalue weighted by molar-refractivity contribution is -0.141. The maximum atomic E-state index is 13.1. The molecule has 1 unspecified atom stereocenters. The summed E-state index contributed by atoms with van der Waals surface area (Å²) in [6.45, 7) is 4.68. The van der Waals surface area contributed by atoms with E-state index in [0.717, 1.165) is 18.5 Å². The second-order valence-corrected chi connectivity index (χ2v) is 9.68. The number of hydrogen-bond donors (Lipinski definition) is 0. The van der Waals surface area contributed by atoms with Gasteiger partial charge in [0.1, 0.15) is 11.5 Å². The van der Waals surface area contributed by atoms with Crippen LogP contribution in [0.5, 0.6) is 0 Å². The van der Waals surface area contributed by atoms with Crippen molar-refractivity contribution >= 4 is 26.8 Å². The minimum absolute atomic E-state index is 0.00124. The van der Waals surface area contributed by atoms with Crippen LogP contribution in [0.1, 0.15) is 31.4 Å². The molecule has 1 atom stereocenters. The first-order chi connectivity index (χ1) is 14.0. The topological polar surface area (TPSA) is 81.0 Å². The Morgan fingerprint density at radius 3 is 2.50 bits per heavy atom. The molecule has 0 aliphatic carbocycles. The van der Waals surface area contributed by atoms with Gasteiger partial charge in [-0.1, -0.05) is 13.8 Å². The quantitative estimate of drug-likeness (QED) is 0.622. The zero-order valence-corrected chi connectivity index (χ0v) is 17.4. The Labute approximate surface area is 171 Å². The van der Waals surface area contributed by atoms with Gasteiger partial charge >= 0.3 is 6.18 Å². The van der Waals surface area contributed by atoms with Crippen LogP contribution in [0.15, 0.2) is 35.4 Å². The molecule has 4 rings (SSSR count). The first-order valence-corrected chi connectivity index (χ1v) is 11.2. The van der Waals surface area contributed by atoms with Crippen molar-refractivity contribution in [3.8, 4) is 0 Å². The average Bonchev–Trinajstić information content (AvgIpc) is 3.03. The van der Waals surface area contributed by atoms with Crippen LogP contribution in [0.3, 0.4) is 0 Å². The van der Waals surface area contributed by atoms with Crippen molar-refractivity contribution in [3.05, 3.63) is 42.0 Å². The Kier molecular flexibility index (Phi) is 4.75. The summed E-state index contributed by atoms with van der Waals surface area (Å²) in [4.78, 5) is 14.4. The lowest BCUT2D eigenvalue weighted by atomic mass is 10.00. The van der Waals surface area contributed by atoms with Crippen LogP contribution in [0.2, 0.25) is 0 Å². The molecule has 1 aliphatic rings. The summed E-state index contributed by atoms with van der Waals surface area (Å²) >= 11 is 0. The molecule has 0 bridgehead atoms. The van der Waals surface area contributed by atoms with Crippen LogP contribution in [0, 0.1) is 5.92 Å². The molecule has 0 saturated heterocycles. The maximum Gasteiger partial charge on any atom is 0.433 e. The smallest absolute Gasteiger partial charge is 0.329 e. The number of anilines is 1. The van der Waals surface area contributed by atoms with Crippen molar-refractivity contribution in [1.82, 2.24) is 19.5 Å². The van der Waals surface area contributed by atoms with Crippen LogP contribution in [-0.4, -0.2) is 40.7 Å². The lowest BCUT2D eigenvalue weighted by Gasteiger charge is -2.38. The highest BCUT2D eigenvalue weighted by Crippen LogP contribution is 2.37. The average molecular weight is 439 g/mol.